The average molecular weight is 388 g/mol. The van der Waals surface area contributed by atoms with E-state index in [0.717, 1.165) is 27.7 Å². The van der Waals surface area contributed by atoms with E-state index in [9.17, 15) is 13.2 Å². The molecule has 2 aromatic carbocycles. The summed E-state index contributed by atoms with van der Waals surface area (Å²) >= 11 is 0. The molecule has 0 aliphatic heterocycles. The largest absolute Gasteiger partial charge is 0.326 e. The van der Waals surface area contributed by atoms with Gasteiger partial charge in [-0.15, -0.1) is 0 Å². The van der Waals surface area contributed by atoms with Gasteiger partial charge in [0, 0.05) is 13.6 Å². The lowest BCUT2D eigenvalue weighted by molar-refractivity contribution is 0.566. The van der Waals surface area contributed by atoms with Gasteiger partial charge in [0.15, 0.2) is 0 Å². The van der Waals surface area contributed by atoms with Crippen LogP contribution in [0.25, 0.3) is 22.2 Å². The first-order valence-electron chi connectivity index (χ1n) is 8.96. The van der Waals surface area contributed by atoms with Crippen molar-refractivity contribution in [1.82, 2.24) is 14.3 Å². The maximum atomic E-state index is 11.9. The highest BCUT2D eigenvalue weighted by molar-refractivity contribution is 7.90. The van der Waals surface area contributed by atoms with Gasteiger partial charge in [-0.2, -0.15) is 0 Å². The molecular weight excluding hydrogens is 362 g/mol. The summed E-state index contributed by atoms with van der Waals surface area (Å²) in [4.78, 5) is 14.6. The second kappa shape index (κ2) is 7.32. The number of nitrogens with one attached hydrogen (secondary N) is 2. The number of H-pyrrole nitrogens is 1. The summed E-state index contributed by atoms with van der Waals surface area (Å²) in [6.07, 6.45) is 0. The minimum absolute atomic E-state index is 0.0699. The van der Waals surface area contributed by atoms with Crippen molar-refractivity contribution in [1.29, 1.82) is 0 Å². The fraction of sp³-hybridized carbons (Fsp3) is 0.350. The van der Waals surface area contributed by atoms with Crippen LogP contribution in [-0.4, -0.2) is 29.8 Å². The number of hydrogen-bond acceptors (Lipinski definition) is 3. The summed E-state index contributed by atoms with van der Waals surface area (Å²) in [6, 6.07) is 14.0. The van der Waals surface area contributed by atoms with Gasteiger partial charge in [-0.1, -0.05) is 37.3 Å². The SMILES string of the molecule is CC(CNS(=O)(=O)C(C)C)c1ccc(-c2ccc3c(c2)[nH]c(=O)n3C)cc1. The van der Waals surface area contributed by atoms with E-state index in [2.05, 4.69) is 9.71 Å². The molecule has 0 bridgehead atoms. The van der Waals surface area contributed by atoms with E-state index in [1.54, 1.807) is 25.5 Å². The van der Waals surface area contributed by atoms with Crippen molar-refractivity contribution in [2.24, 2.45) is 7.05 Å². The van der Waals surface area contributed by atoms with E-state index in [-0.39, 0.29) is 11.6 Å². The normalized spacial score (nSPS) is 13.4. The Hall–Kier alpha value is -2.38. The summed E-state index contributed by atoms with van der Waals surface area (Å²) < 4.78 is 28.1. The van der Waals surface area contributed by atoms with Crippen LogP contribution in [0, 0.1) is 0 Å². The number of hydrogen-bond donors (Lipinski definition) is 2. The Balaban J connectivity index is 1.78. The standard InChI is InChI=1S/C20H25N3O3S/c1-13(2)27(25,26)21-12-14(3)15-5-7-16(8-6-15)17-9-10-19-18(11-17)22-20(24)23(19)4/h5-11,13-14,21H,12H2,1-4H3,(H,22,24). The van der Waals surface area contributed by atoms with Crippen LogP contribution in [0.15, 0.2) is 47.3 Å². The Labute approximate surface area is 159 Å². The van der Waals surface area contributed by atoms with Crippen molar-refractivity contribution in [2.45, 2.75) is 31.9 Å². The summed E-state index contributed by atoms with van der Waals surface area (Å²) in [6.45, 7) is 5.70. The number of aromatic amines is 1. The number of rotatable bonds is 6. The molecule has 1 aromatic heterocycles. The molecule has 0 fully saturated rings. The lowest BCUT2D eigenvalue weighted by atomic mass is 9.97. The predicted molar refractivity (Wildman–Crippen MR) is 109 cm³/mol. The summed E-state index contributed by atoms with van der Waals surface area (Å²) in [5.74, 6) is 0.0699. The zero-order chi connectivity index (χ0) is 19.8. The maximum Gasteiger partial charge on any atom is 0.326 e. The third kappa shape index (κ3) is 3.99. The van der Waals surface area contributed by atoms with Gasteiger partial charge in [0.2, 0.25) is 10.0 Å². The van der Waals surface area contributed by atoms with E-state index < -0.39 is 15.3 Å². The Morgan fingerprint density at radius 3 is 2.30 bits per heavy atom. The van der Waals surface area contributed by atoms with Crippen LogP contribution in [0.2, 0.25) is 0 Å². The molecule has 1 atom stereocenters. The third-order valence-corrected chi connectivity index (χ3v) is 6.74. The van der Waals surface area contributed by atoms with Gasteiger partial charge in [0.25, 0.3) is 0 Å². The number of imidazole rings is 1. The fourth-order valence-electron chi connectivity index (χ4n) is 2.95. The Morgan fingerprint density at radius 1 is 1.04 bits per heavy atom. The molecule has 0 aliphatic rings. The zero-order valence-electron chi connectivity index (χ0n) is 16.0. The van der Waals surface area contributed by atoms with Crippen LogP contribution < -0.4 is 10.4 Å². The summed E-state index contributed by atoms with van der Waals surface area (Å²) in [5.41, 5.74) is 4.67. The summed E-state index contributed by atoms with van der Waals surface area (Å²) in [7, 11) is -1.52. The molecule has 0 amide bonds. The lowest BCUT2D eigenvalue weighted by Crippen LogP contribution is -2.33. The number of fused-ring (bicyclic) bond motifs is 1. The van der Waals surface area contributed by atoms with Crippen molar-refractivity contribution in [3.8, 4) is 11.1 Å². The van der Waals surface area contributed by atoms with Crippen LogP contribution in [0.1, 0.15) is 32.3 Å². The van der Waals surface area contributed by atoms with E-state index in [4.69, 9.17) is 0 Å². The third-order valence-electron chi connectivity index (χ3n) is 4.93. The van der Waals surface area contributed by atoms with Crippen LogP contribution >= 0.6 is 0 Å². The molecule has 0 aliphatic carbocycles. The fourth-order valence-corrected chi connectivity index (χ4v) is 3.76. The molecule has 3 rings (SSSR count). The molecule has 3 aromatic rings. The van der Waals surface area contributed by atoms with Crippen LogP contribution in [-0.2, 0) is 17.1 Å². The second-order valence-electron chi connectivity index (χ2n) is 7.19. The minimum atomic E-state index is -3.26. The highest BCUT2D eigenvalue weighted by Gasteiger charge is 2.17. The molecule has 0 saturated heterocycles. The number of aromatic nitrogens is 2. The highest BCUT2D eigenvalue weighted by atomic mass is 32.2. The Kier molecular flexibility index (Phi) is 5.26. The topological polar surface area (TPSA) is 84.0 Å². The van der Waals surface area contributed by atoms with E-state index in [1.165, 1.54) is 0 Å². The molecule has 1 heterocycles. The monoisotopic (exact) mass is 387 g/mol. The first-order chi connectivity index (χ1) is 12.7. The molecule has 6 nitrogen and oxygen atoms in total. The lowest BCUT2D eigenvalue weighted by Gasteiger charge is -2.15. The quantitative estimate of drug-likeness (QED) is 0.682. The van der Waals surface area contributed by atoms with E-state index in [1.807, 2.05) is 49.4 Å². The number of benzene rings is 2. The predicted octanol–water partition coefficient (Wildman–Crippen LogP) is 2.96. The Morgan fingerprint density at radius 2 is 1.67 bits per heavy atom. The molecule has 7 heteroatoms. The van der Waals surface area contributed by atoms with E-state index in [0.29, 0.717) is 6.54 Å². The first kappa shape index (κ1) is 19.4. The van der Waals surface area contributed by atoms with Crippen molar-refractivity contribution in [2.75, 3.05) is 6.54 Å². The molecule has 144 valence electrons. The highest BCUT2D eigenvalue weighted by Crippen LogP contribution is 2.25. The van der Waals surface area contributed by atoms with Crippen molar-refractivity contribution in [3.63, 3.8) is 0 Å². The molecule has 2 N–H and O–H groups in total. The van der Waals surface area contributed by atoms with E-state index >= 15 is 0 Å². The minimum Gasteiger partial charge on any atom is -0.306 e. The van der Waals surface area contributed by atoms with Crippen molar-refractivity contribution >= 4 is 21.1 Å². The number of nitrogens with zero attached hydrogens (tertiary/aromatic N) is 1. The smallest absolute Gasteiger partial charge is 0.306 e. The second-order valence-corrected chi connectivity index (χ2v) is 9.51. The molecule has 0 radical (unpaired) electrons. The number of sulfonamides is 1. The average Bonchev–Trinajstić information content (AvgIpc) is 2.93. The van der Waals surface area contributed by atoms with Gasteiger partial charge in [-0.3, -0.25) is 4.57 Å². The van der Waals surface area contributed by atoms with Gasteiger partial charge in [0.1, 0.15) is 0 Å². The molecule has 0 saturated carbocycles. The van der Waals surface area contributed by atoms with Gasteiger partial charge in [0.05, 0.1) is 16.3 Å². The molecule has 1 unspecified atom stereocenters. The number of aryl methyl sites for hydroxylation is 1. The van der Waals surface area contributed by atoms with Gasteiger partial charge >= 0.3 is 5.69 Å². The molecule has 0 spiro atoms. The van der Waals surface area contributed by atoms with Crippen LogP contribution in [0.5, 0.6) is 0 Å². The Bertz CT molecular complexity index is 1110. The molecule has 27 heavy (non-hydrogen) atoms. The molecular formula is C20H25N3O3S. The van der Waals surface area contributed by atoms with Crippen molar-refractivity contribution in [3.05, 3.63) is 58.5 Å². The van der Waals surface area contributed by atoms with Crippen LogP contribution in [0.4, 0.5) is 0 Å². The maximum absolute atomic E-state index is 11.9. The van der Waals surface area contributed by atoms with Gasteiger partial charge < -0.3 is 4.98 Å². The van der Waals surface area contributed by atoms with Gasteiger partial charge in [-0.25, -0.2) is 17.9 Å². The van der Waals surface area contributed by atoms with Crippen LogP contribution in [0.3, 0.4) is 0 Å². The van der Waals surface area contributed by atoms with Crippen molar-refractivity contribution < 1.29 is 8.42 Å². The van der Waals surface area contributed by atoms with Gasteiger partial charge in [-0.05, 0) is 48.6 Å². The summed E-state index contributed by atoms with van der Waals surface area (Å²) in [5, 5.41) is -0.438. The zero-order valence-corrected chi connectivity index (χ0v) is 16.8. The first-order valence-corrected chi connectivity index (χ1v) is 10.5.